The Labute approximate surface area is 60.3 Å². The summed E-state index contributed by atoms with van der Waals surface area (Å²) in [6, 6.07) is -0.0406. The number of hydrogen-bond donors (Lipinski definition) is 0. The summed E-state index contributed by atoms with van der Waals surface area (Å²) in [6.45, 7) is 6.82. The number of rotatable bonds is 2. The average molecular weight is 145 g/mol. The zero-order valence-electron chi connectivity index (χ0n) is 6.50. The first-order valence-electron chi connectivity index (χ1n) is 3.01. The van der Waals surface area contributed by atoms with Crippen molar-refractivity contribution >= 4 is 12.8 Å². The first kappa shape index (κ1) is 9.07. The Kier molecular flexibility index (Phi) is 3.61. The van der Waals surface area contributed by atoms with Crippen molar-refractivity contribution in [3.63, 3.8) is 0 Å². The molecule has 0 unspecified atom stereocenters. The van der Waals surface area contributed by atoms with Crippen molar-refractivity contribution in [1.82, 2.24) is 5.01 Å². The molecular weight excluding hydrogens is 133 g/mol. The Morgan fingerprint density at radius 3 is 2.20 bits per heavy atom. The summed E-state index contributed by atoms with van der Waals surface area (Å²) in [4.78, 5) is 3.32. The van der Waals surface area contributed by atoms with Crippen LogP contribution in [0.2, 0.25) is 0 Å². The summed E-state index contributed by atoms with van der Waals surface area (Å²) < 4.78 is 12.6. The summed E-state index contributed by atoms with van der Waals surface area (Å²) in [6.07, 6.45) is -0.606. The highest BCUT2D eigenvalue weighted by Gasteiger charge is 2.10. The second-order valence-corrected chi connectivity index (χ2v) is 2.07. The summed E-state index contributed by atoms with van der Waals surface area (Å²) in [5, 5.41) is 4.55. The minimum absolute atomic E-state index is 0.0406. The molecule has 0 aliphatic carbocycles. The van der Waals surface area contributed by atoms with Crippen LogP contribution in [0.1, 0.15) is 13.8 Å². The smallest absolute Gasteiger partial charge is 0.244 e. The van der Waals surface area contributed by atoms with Gasteiger partial charge in [-0.3, -0.25) is 0 Å². The molecule has 10 heavy (non-hydrogen) atoms. The molecule has 4 heteroatoms. The Morgan fingerprint density at radius 2 is 2.10 bits per heavy atom. The van der Waals surface area contributed by atoms with Gasteiger partial charge >= 0.3 is 6.09 Å². The molecule has 0 aromatic carbocycles. The highest BCUT2D eigenvalue weighted by atomic mass is 19.1. The molecule has 0 aliphatic rings. The average Bonchev–Trinajstić information content (AvgIpc) is 1.88. The molecule has 0 atom stereocenters. The molecule has 0 radical (unpaired) electrons. The fourth-order valence-corrected chi connectivity index (χ4v) is 0.537. The fraction of sp³-hybridized carbons (Fsp3) is 0.667. The van der Waals surface area contributed by atoms with E-state index in [-0.39, 0.29) is 6.04 Å². The number of amidine groups is 1. The molecule has 0 spiro atoms. The summed E-state index contributed by atoms with van der Waals surface area (Å²) in [7, 11) is 1.37. The predicted octanol–water partition coefficient (Wildman–Crippen LogP) is 1.27. The number of hydrazone groups is 1. The zero-order chi connectivity index (χ0) is 8.15. The van der Waals surface area contributed by atoms with Crippen LogP contribution in [0.3, 0.4) is 0 Å². The molecule has 0 saturated carbocycles. The first-order valence-corrected chi connectivity index (χ1v) is 3.01. The Hall–Kier alpha value is -0.930. The van der Waals surface area contributed by atoms with Gasteiger partial charge in [-0.25, -0.2) is 10.0 Å². The van der Waals surface area contributed by atoms with E-state index in [4.69, 9.17) is 0 Å². The van der Waals surface area contributed by atoms with Crippen molar-refractivity contribution < 1.29 is 4.39 Å². The van der Waals surface area contributed by atoms with Crippen LogP contribution < -0.4 is 0 Å². The lowest BCUT2D eigenvalue weighted by Crippen LogP contribution is -2.28. The largest absolute Gasteiger partial charge is 0.300 e. The van der Waals surface area contributed by atoms with E-state index in [1.165, 1.54) is 7.05 Å². The lowest BCUT2D eigenvalue weighted by atomic mass is 10.4. The molecule has 0 aliphatic heterocycles. The van der Waals surface area contributed by atoms with Crippen LogP contribution in [0, 0.1) is 0 Å². The summed E-state index contributed by atoms with van der Waals surface area (Å²) in [5.74, 6) is 0. The van der Waals surface area contributed by atoms with Gasteiger partial charge in [0.1, 0.15) is 0 Å². The lowest BCUT2D eigenvalue weighted by Gasteiger charge is -2.17. The molecule has 0 aromatic heterocycles. The molecular formula is C6H12FN3. The molecule has 0 fully saturated rings. The quantitative estimate of drug-likeness (QED) is 0.249. The number of hydrogen-bond acceptors (Lipinski definition) is 2. The molecule has 0 amide bonds. The van der Waals surface area contributed by atoms with E-state index in [1.54, 1.807) is 13.8 Å². The van der Waals surface area contributed by atoms with Crippen LogP contribution in [-0.4, -0.2) is 30.9 Å². The second kappa shape index (κ2) is 3.98. The number of nitrogens with zero attached hydrogens (tertiary/aromatic N) is 3. The number of aliphatic imine (C=N–C) groups is 1. The normalized spacial score (nSPS) is 11.9. The van der Waals surface area contributed by atoms with E-state index in [9.17, 15) is 4.39 Å². The molecule has 0 aromatic rings. The van der Waals surface area contributed by atoms with E-state index in [0.717, 1.165) is 5.01 Å². The van der Waals surface area contributed by atoms with Gasteiger partial charge in [0.05, 0.1) is 6.04 Å². The van der Waals surface area contributed by atoms with Crippen LogP contribution in [0.15, 0.2) is 10.1 Å². The maximum absolute atomic E-state index is 12.6. The van der Waals surface area contributed by atoms with Crippen LogP contribution >= 0.6 is 0 Å². The van der Waals surface area contributed by atoms with Crippen LogP contribution in [-0.2, 0) is 0 Å². The topological polar surface area (TPSA) is 28.0 Å². The van der Waals surface area contributed by atoms with Crippen molar-refractivity contribution in [3.8, 4) is 0 Å². The highest BCUT2D eigenvalue weighted by molar-refractivity contribution is 5.72. The van der Waals surface area contributed by atoms with Gasteiger partial charge in [0.15, 0.2) is 0 Å². The Bertz CT molecular complexity index is 142. The molecule has 0 rings (SSSR count). The lowest BCUT2D eigenvalue weighted by molar-refractivity contribution is 0.335. The van der Waals surface area contributed by atoms with E-state index in [0.29, 0.717) is 0 Å². The minimum atomic E-state index is -0.606. The Morgan fingerprint density at radius 1 is 1.60 bits per heavy atom. The summed E-state index contributed by atoms with van der Waals surface area (Å²) >= 11 is 0. The maximum atomic E-state index is 12.6. The summed E-state index contributed by atoms with van der Waals surface area (Å²) in [5.41, 5.74) is 0. The number of halogens is 1. The van der Waals surface area contributed by atoms with Gasteiger partial charge in [-0.15, -0.1) is 0 Å². The monoisotopic (exact) mass is 145 g/mol. The molecule has 0 saturated heterocycles. The molecule has 0 bridgehead atoms. The van der Waals surface area contributed by atoms with Gasteiger partial charge in [0, 0.05) is 13.8 Å². The third-order valence-corrected chi connectivity index (χ3v) is 1.02. The van der Waals surface area contributed by atoms with E-state index < -0.39 is 6.09 Å². The van der Waals surface area contributed by atoms with Crippen LogP contribution in [0.25, 0.3) is 0 Å². The van der Waals surface area contributed by atoms with Crippen molar-refractivity contribution in [2.75, 3.05) is 7.05 Å². The third kappa shape index (κ3) is 2.13. The van der Waals surface area contributed by atoms with Gasteiger partial charge in [-0.1, -0.05) is 0 Å². The molecule has 58 valence electrons. The van der Waals surface area contributed by atoms with E-state index in [1.807, 2.05) is 0 Å². The SMILES string of the molecule is C=NN(C(F)=NC)C(C)C. The van der Waals surface area contributed by atoms with Crippen molar-refractivity contribution in [3.05, 3.63) is 0 Å². The highest BCUT2D eigenvalue weighted by Crippen LogP contribution is 2.00. The van der Waals surface area contributed by atoms with Gasteiger partial charge < -0.3 is 0 Å². The van der Waals surface area contributed by atoms with Gasteiger partial charge in [-0.05, 0) is 13.8 Å². The standard InChI is InChI=1S/C6H12FN3/c1-5(2)10(9-4)6(7)8-3/h5H,4H2,1-3H3. The molecule has 0 N–H and O–H groups in total. The minimum Gasteiger partial charge on any atom is -0.244 e. The first-order chi connectivity index (χ1) is 4.63. The van der Waals surface area contributed by atoms with E-state index >= 15 is 0 Å². The molecule has 0 heterocycles. The van der Waals surface area contributed by atoms with Gasteiger partial charge in [0.2, 0.25) is 0 Å². The van der Waals surface area contributed by atoms with Gasteiger partial charge in [-0.2, -0.15) is 9.49 Å². The van der Waals surface area contributed by atoms with Gasteiger partial charge in [0.25, 0.3) is 0 Å². The molecule has 3 nitrogen and oxygen atoms in total. The fourth-order valence-electron chi connectivity index (χ4n) is 0.537. The van der Waals surface area contributed by atoms with Crippen LogP contribution in [0.5, 0.6) is 0 Å². The maximum Gasteiger partial charge on any atom is 0.300 e. The van der Waals surface area contributed by atoms with Crippen molar-refractivity contribution in [2.24, 2.45) is 10.1 Å². The Balaban J connectivity index is 4.21. The predicted molar refractivity (Wildman–Crippen MR) is 41.0 cm³/mol. The van der Waals surface area contributed by atoms with Crippen molar-refractivity contribution in [1.29, 1.82) is 0 Å². The zero-order valence-corrected chi connectivity index (χ0v) is 6.50. The van der Waals surface area contributed by atoms with Crippen molar-refractivity contribution in [2.45, 2.75) is 19.9 Å². The third-order valence-electron chi connectivity index (χ3n) is 1.02. The second-order valence-electron chi connectivity index (χ2n) is 2.07. The van der Waals surface area contributed by atoms with E-state index in [2.05, 4.69) is 16.8 Å². The van der Waals surface area contributed by atoms with Crippen LogP contribution in [0.4, 0.5) is 4.39 Å².